The summed E-state index contributed by atoms with van der Waals surface area (Å²) in [5.41, 5.74) is 5.11. The van der Waals surface area contributed by atoms with Crippen molar-refractivity contribution in [3.63, 3.8) is 0 Å². The molecule has 44 valence electrons. The number of allylic oxidation sites excluding steroid dienone is 1. The molecule has 0 fully saturated rings. The predicted molar refractivity (Wildman–Crippen MR) is 32.7 cm³/mol. The lowest BCUT2D eigenvalue weighted by atomic mass is 9.93. The fraction of sp³-hybridized carbons (Fsp3) is 0.500. The molecular formula is C6H10N2. The molecule has 0 aliphatic rings. The summed E-state index contributed by atoms with van der Waals surface area (Å²) >= 11 is 0. The van der Waals surface area contributed by atoms with E-state index in [1.165, 1.54) is 0 Å². The molecule has 0 rings (SSSR count). The zero-order chi connectivity index (χ0) is 6.78. The molecule has 0 aromatic carbocycles. The van der Waals surface area contributed by atoms with E-state index in [1.807, 2.05) is 6.07 Å². The van der Waals surface area contributed by atoms with Crippen LogP contribution < -0.4 is 5.73 Å². The van der Waals surface area contributed by atoms with Crippen LogP contribution in [0.4, 0.5) is 0 Å². The second-order valence-corrected chi connectivity index (χ2v) is 2.26. The van der Waals surface area contributed by atoms with E-state index in [0.29, 0.717) is 5.70 Å². The molecule has 8 heavy (non-hydrogen) atoms. The van der Waals surface area contributed by atoms with Gasteiger partial charge in [0.15, 0.2) is 0 Å². The van der Waals surface area contributed by atoms with Crippen LogP contribution in [0.1, 0.15) is 13.8 Å². The van der Waals surface area contributed by atoms with Gasteiger partial charge in [-0.05, 0) is 13.8 Å². The Hall–Kier alpha value is -0.970. The lowest BCUT2D eigenvalue weighted by Gasteiger charge is -2.12. The molecule has 0 saturated carbocycles. The molecule has 0 bridgehead atoms. The van der Waals surface area contributed by atoms with Gasteiger partial charge in [-0.15, -0.1) is 0 Å². The van der Waals surface area contributed by atoms with Crippen LogP contribution in [0, 0.1) is 16.7 Å². The Balaban J connectivity index is 4.19. The third-order valence-corrected chi connectivity index (χ3v) is 1.08. The second-order valence-electron chi connectivity index (χ2n) is 2.26. The smallest absolute Gasteiger partial charge is 0.0903 e. The third kappa shape index (κ3) is 1.27. The normalized spacial score (nSPS) is 10.1. The molecule has 0 aliphatic heterocycles. The summed E-state index contributed by atoms with van der Waals surface area (Å²) in [5.74, 6) is 0. The summed E-state index contributed by atoms with van der Waals surface area (Å²) in [5, 5.41) is 8.37. The molecule has 2 N–H and O–H groups in total. The number of nitriles is 1. The number of nitrogens with zero attached hydrogens (tertiary/aromatic N) is 1. The van der Waals surface area contributed by atoms with Crippen molar-refractivity contribution < 1.29 is 0 Å². The highest BCUT2D eigenvalue weighted by molar-refractivity contribution is 5.13. The van der Waals surface area contributed by atoms with Gasteiger partial charge in [0.2, 0.25) is 0 Å². The Kier molecular flexibility index (Phi) is 1.64. The van der Waals surface area contributed by atoms with Crippen molar-refractivity contribution in [1.82, 2.24) is 0 Å². The highest BCUT2D eigenvalue weighted by Gasteiger charge is 2.17. The van der Waals surface area contributed by atoms with Crippen LogP contribution >= 0.6 is 0 Å². The maximum Gasteiger partial charge on any atom is 0.0903 e. The van der Waals surface area contributed by atoms with Crippen LogP contribution in [0.3, 0.4) is 0 Å². The van der Waals surface area contributed by atoms with Gasteiger partial charge in [0, 0.05) is 5.70 Å². The SMILES string of the molecule is C=C(N)C(C)(C)C#N. The average molecular weight is 110 g/mol. The van der Waals surface area contributed by atoms with Crippen molar-refractivity contribution in [1.29, 1.82) is 5.26 Å². The van der Waals surface area contributed by atoms with Gasteiger partial charge in [-0.2, -0.15) is 5.26 Å². The average Bonchev–Trinajstić information content (AvgIpc) is 1.67. The monoisotopic (exact) mass is 110 g/mol. The van der Waals surface area contributed by atoms with E-state index < -0.39 is 5.41 Å². The van der Waals surface area contributed by atoms with Crippen molar-refractivity contribution >= 4 is 0 Å². The van der Waals surface area contributed by atoms with Crippen LogP contribution in [0.2, 0.25) is 0 Å². The lowest BCUT2D eigenvalue weighted by Crippen LogP contribution is -2.17. The Labute approximate surface area is 49.6 Å². The summed E-state index contributed by atoms with van der Waals surface area (Å²) in [7, 11) is 0. The minimum absolute atomic E-state index is 0.417. The quantitative estimate of drug-likeness (QED) is 0.547. The summed E-state index contributed by atoms with van der Waals surface area (Å²) < 4.78 is 0. The Morgan fingerprint density at radius 1 is 1.75 bits per heavy atom. The summed E-state index contributed by atoms with van der Waals surface area (Å²) in [4.78, 5) is 0. The largest absolute Gasteiger partial charge is 0.401 e. The van der Waals surface area contributed by atoms with Gasteiger partial charge in [0.05, 0.1) is 11.5 Å². The highest BCUT2D eigenvalue weighted by atomic mass is 14.6. The fourth-order valence-corrected chi connectivity index (χ4v) is 0.0718. The zero-order valence-corrected chi connectivity index (χ0v) is 5.23. The van der Waals surface area contributed by atoms with Gasteiger partial charge < -0.3 is 5.73 Å². The van der Waals surface area contributed by atoms with Crippen LogP contribution in [0.15, 0.2) is 12.3 Å². The summed E-state index contributed by atoms with van der Waals surface area (Å²) in [6.45, 7) is 6.92. The summed E-state index contributed by atoms with van der Waals surface area (Å²) in [6, 6.07) is 2.02. The maximum absolute atomic E-state index is 8.37. The van der Waals surface area contributed by atoms with E-state index >= 15 is 0 Å². The molecule has 0 aromatic heterocycles. The molecular weight excluding hydrogens is 100 g/mol. The van der Waals surface area contributed by atoms with E-state index in [2.05, 4.69) is 6.58 Å². The zero-order valence-electron chi connectivity index (χ0n) is 5.23. The molecule has 0 spiro atoms. The van der Waals surface area contributed by atoms with Crippen LogP contribution in [-0.2, 0) is 0 Å². The molecule has 2 nitrogen and oxygen atoms in total. The first kappa shape index (κ1) is 7.03. The van der Waals surface area contributed by atoms with Gasteiger partial charge >= 0.3 is 0 Å². The molecule has 0 atom stereocenters. The molecule has 2 heteroatoms. The van der Waals surface area contributed by atoms with Crippen molar-refractivity contribution in [3.8, 4) is 6.07 Å². The van der Waals surface area contributed by atoms with Gasteiger partial charge in [-0.1, -0.05) is 6.58 Å². The molecule has 0 amide bonds. The summed E-state index contributed by atoms with van der Waals surface area (Å²) in [6.07, 6.45) is 0. The second kappa shape index (κ2) is 1.87. The predicted octanol–water partition coefficient (Wildman–Crippen LogP) is 1.01. The number of hydrogen-bond donors (Lipinski definition) is 1. The van der Waals surface area contributed by atoms with Crippen molar-refractivity contribution in [2.45, 2.75) is 13.8 Å². The van der Waals surface area contributed by atoms with Gasteiger partial charge in [0.25, 0.3) is 0 Å². The van der Waals surface area contributed by atoms with Crippen LogP contribution in [0.25, 0.3) is 0 Å². The number of nitrogens with two attached hydrogens (primary N) is 1. The first-order chi connectivity index (χ1) is 3.50. The van der Waals surface area contributed by atoms with E-state index in [1.54, 1.807) is 13.8 Å². The van der Waals surface area contributed by atoms with E-state index in [4.69, 9.17) is 11.0 Å². The number of rotatable bonds is 1. The fourth-order valence-electron chi connectivity index (χ4n) is 0.0718. The van der Waals surface area contributed by atoms with Crippen molar-refractivity contribution in [2.75, 3.05) is 0 Å². The molecule has 0 heterocycles. The first-order valence-electron chi connectivity index (χ1n) is 2.37. The Bertz CT molecular complexity index is 139. The van der Waals surface area contributed by atoms with E-state index in [0.717, 1.165) is 0 Å². The highest BCUT2D eigenvalue weighted by Crippen LogP contribution is 2.17. The third-order valence-electron chi connectivity index (χ3n) is 1.08. The molecule has 0 saturated heterocycles. The lowest BCUT2D eigenvalue weighted by molar-refractivity contribution is 0.591. The first-order valence-corrected chi connectivity index (χ1v) is 2.37. The minimum Gasteiger partial charge on any atom is -0.401 e. The Morgan fingerprint density at radius 2 is 2.12 bits per heavy atom. The molecule has 0 aromatic rings. The topological polar surface area (TPSA) is 49.8 Å². The van der Waals surface area contributed by atoms with Gasteiger partial charge in [-0.25, -0.2) is 0 Å². The van der Waals surface area contributed by atoms with E-state index in [-0.39, 0.29) is 0 Å². The standard InChI is InChI=1S/C6H10N2/c1-5(8)6(2,3)4-7/h1,8H2,2-3H3. The number of hydrogen-bond acceptors (Lipinski definition) is 2. The van der Waals surface area contributed by atoms with E-state index in [9.17, 15) is 0 Å². The maximum atomic E-state index is 8.37. The van der Waals surface area contributed by atoms with Gasteiger partial charge in [-0.3, -0.25) is 0 Å². The van der Waals surface area contributed by atoms with Crippen LogP contribution in [-0.4, -0.2) is 0 Å². The van der Waals surface area contributed by atoms with Crippen LogP contribution in [0.5, 0.6) is 0 Å². The molecule has 0 aliphatic carbocycles. The molecule has 0 unspecified atom stereocenters. The molecule has 0 radical (unpaired) electrons. The van der Waals surface area contributed by atoms with Crippen molar-refractivity contribution in [2.24, 2.45) is 11.1 Å². The van der Waals surface area contributed by atoms with Crippen molar-refractivity contribution in [3.05, 3.63) is 12.3 Å². The minimum atomic E-state index is -0.569. The van der Waals surface area contributed by atoms with Gasteiger partial charge in [0.1, 0.15) is 0 Å². The Morgan fingerprint density at radius 3 is 2.12 bits per heavy atom.